The molecular weight excluding hydrogens is 443 g/mol. The molecule has 0 saturated carbocycles. The largest absolute Gasteiger partial charge is 0.375 e. The van der Waals surface area contributed by atoms with Crippen LogP contribution in [0, 0.1) is 11.7 Å². The van der Waals surface area contributed by atoms with Crippen molar-refractivity contribution in [3.05, 3.63) is 70.5 Å². The smallest absolute Gasteiger partial charge is 0.223 e. The van der Waals surface area contributed by atoms with Crippen LogP contribution in [0.5, 0.6) is 0 Å². The molecule has 1 amide bonds. The Bertz CT molecular complexity index is 960. The molecule has 168 valence electrons. The van der Waals surface area contributed by atoms with Crippen LogP contribution in [0.2, 0.25) is 5.02 Å². The fourth-order valence-electron chi connectivity index (χ4n) is 3.50. The van der Waals surface area contributed by atoms with Gasteiger partial charge in [-0.15, -0.1) is 0 Å². The molecule has 1 fully saturated rings. The van der Waals surface area contributed by atoms with Gasteiger partial charge in [-0.05, 0) is 30.5 Å². The van der Waals surface area contributed by atoms with Crippen molar-refractivity contribution in [3.63, 3.8) is 0 Å². The van der Waals surface area contributed by atoms with Gasteiger partial charge in [-0.2, -0.15) is 0 Å². The third kappa shape index (κ3) is 6.74. The SMILES string of the molecule is O=C(NCCOCc1ccccc1)C1CCN(S(=O)(=O)Cc2c(F)cccc2Cl)CC1. The number of ether oxygens (including phenoxy) is 1. The van der Waals surface area contributed by atoms with Gasteiger partial charge in [0.1, 0.15) is 5.82 Å². The van der Waals surface area contributed by atoms with Crippen molar-refractivity contribution >= 4 is 27.5 Å². The molecule has 0 bridgehead atoms. The Morgan fingerprint density at radius 3 is 2.52 bits per heavy atom. The minimum atomic E-state index is -3.72. The maximum absolute atomic E-state index is 14.0. The van der Waals surface area contributed by atoms with Crippen molar-refractivity contribution in [1.82, 2.24) is 9.62 Å². The van der Waals surface area contributed by atoms with Crippen molar-refractivity contribution in [2.24, 2.45) is 5.92 Å². The average Bonchev–Trinajstić information content (AvgIpc) is 2.77. The van der Waals surface area contributed by atoms with Crippen molar-refractivity contribution in [2.75, 3.05) is 26.2 Å². The Labute approximate surface area is 187 Å². The highest BCUT2D eigenvalue weighted by Gasteiger charge is 2.32. The number of hydrogen-bond acceptors (Lipinski definition) is 4. The van der Waals surface area contributed by atoms with Crippen LogP contribution >= 0.6 is 11.6 Å². The van der Waals surface area contributed by atoms with E-state index in [2.05, 4.69) is 5.32 Å². The average molecular weight is 469 g/mol. The van der Waals surface area contributed by atoms with Crippen LogP contribution in [-0.4, -0.2) is 44.9 Å². The highest BCUT2D eigenvalue weighted by Crippen LogP contribution is 2.26. The van der Waals surface area contributed by atoms with Gasteiger partial charge in [-0.25, -0.2) is 17.1 Å². The van der Waals surface area contributed by atoms with E-state index in [1.54, 1.807) is 0 Å². The number of piperidine rings is 1. The Morgan fingerprint density at radius 2 is 1.84 bits per heavy atom. The summed E-state index contributed by atoms with van der Waals surface area (Å²) in [5, 5.41) is 2.94. The molecule has 6 nitrogen and oxygen atoms in total. The first-order valence-corrected chi connectivity index (χ1v) is 12.2. The second-order valence-corrected chi connectivity index (χ2v) is 9.84. The van der Waals surface area contributed by atoms with Crippen molar-refractivity contribution in [1.29, 1.82) is 0 Å². The lowest BCUT2D eigenvalue weighted by atomic mass is 9.97. The quantitative estimate of drug-likeness (QED) is 0.572. The summed E-state index contributed by atoms with van der Waals surface area (Å²) in [5.74, 6) is -1.48. The van der Waals surface area contributed by atoms with E-state index in [0.29, 0.717) is 32.6 Å². The summed E-state index contributed by atoms with van der Waals surface area (Å²) >= 11 is 5.96. The molecule has 0 aromatic heterocycles. The fourth-order valence-corrected chi connectivity index (χ4v) is 5.41. The first-order valence-electron chi connectivity index (χ1n) is 10.2. The monoisotopic (exact) mass is 468 g/mol. The molecule has 0 spiro atoms. The van der Waals surface area contributed by atoms with E-state index in [1.807, 2.05) is 30.3 Å². The van der Waals surface area contributed by atoms with Crippen LogP contribution < -0.4 is 5.32 Å². The lowest BCUT2D eigenvalue weighted by Crippen LogP contribution is -2.43. The topological polar surface area (TPSA) is 75.7 Å². The summed E-state index contributed by atoms with van der Waals surface area (Å²) in [5.41, 5.74) is 1.04. The predicted molar refractivity (Wildman–Crippen MR) is 117 cm³/mol. The fraction of sp³-hybridized carbons (Fsp3) is 0.409. The van der Waals surface area contributed by atoms with Crippen LogP contribution in [0.15, 0.2) is 48.5 Å². The van der Waals surface area contributed by atoms with E-state index in [9.17, 15) is 17.6 Å². The first kappa shape index (κ1) is 23.7. The predicted octanol–water partition coefficient (Wildman–Crippen LogP) is 3.35. The summed E-state index contributed by atoms with van der Waals surface area (Å²) in [6.45, 7) is 1.72. The molecule has 1 aliphatic rings. The lowest BCUT2D eigenvalue weighted by molar-refractivity contribution is -0.126. The number of rotatable bonds is 9. The van der Waals surface area contributed by atoms with E-state index < -0.39 is 21.6 Å². The molecule has 0 atom stereocenters. The summed E-state index contributed by atoms with van der Waals surface area (Å²) < 4.78 is 46.2. The van der Waals surface area contributed by atoms with E-state index in [0.717, 1.165) is 5.56 Å². The number of nitrogens with one attached hydrogen (secondary N) is 1. The normalized spacial score (nSPS) is 15.7. The molecule has 2 aromatic carbocycles. The van der Waals surface area contributed by atoms with Crippen molar-refractivity contribution < 1.29 is 22.3 Å². The maximum Gasteiger partial charge on any atom is 0.223 e. The van der Waals surface area contributed by atoms with E-state index in [1.165, 1.54) is 22.5 Å². The molecule has 1 saturated heterocycles. The number of carbonyl (C=O) groups is 1. The summed E-state index contributed by atoms with van der Waals surface area (Å²) in [7, 11) is -3.72. The third-order valence-electron chi connectivity index (χ3n) is 5.26. The maximum atomic E-state index is 14.0. The minimum Gasteiger partial charge on any atom is -0.375 e. The van der Waals surface area contributed by atoms with Crippen LogP contribution in [0.3, 0.4) is 0 Å². The van der Waals surface area contributed by atoms with Gasteiger partial charge in [-0.3, -0.25) is 4.79 Å². The van der Waals surface area contributed by atoms with E-state index in [4.69, 9.17) is 16.3 Å². The van der Waals surface area contributed by atoms with Gasteiger partial charge in [0.15, 0.2) is 0 Å². The van der Waals surface area contributed by atoms with Crippen LogP contribution in [0.1, 0.15) is 24.0 Å². The van der Waals surface area contributed by atoms with Gasteiger partial charge in [0.25, 0.3) is 0 Å². The van der Waals surface area contributed by atoms with Crippen molar-refractivity contribution in [2.45, 2.75) is 25.2 Å². The number of amides is 1. The van der Waals surface area contributed by atoms with Crippen LogP contribution in [0.4, 0.5) is 4.39 Å². The standard InChI is InChI=1S/C22H26ClFN2O4S/c23-20-7-4-8-21(24)19(20)16-31(28,29)26-12-9-18(10-13-26)22(27)25-11-14-30-15-17-5-2-1-3-6-17/h1-8,18H,9-16H2,(H,25,27). The van der Waals surface area contributed by atoms with E-state index >= 15 is 0 Å². The Kier molecular flexibility index (Phi) is 8.43. The zero-order valence-electron chi connectivity index (χ0n) is 17.1. The Balaban J connectivity index is 1.40. The lowest BCUT2D eigenvalue weighted by Gasteiger charge is -2.30. The number of nitrogens with zero attached hydrogens (tertiary/aromatic N) is 1. The van der Waals surface area contributed by atoms with Crippen LogP contribution in [0.25, 0.3) is 0 Å². The van der Waals surface area contributed by atoms with Gasteiger partial charge in [0, 0.05) is 36.1 Å². The van der Waals surface area contributed by atoms with Gasteiger partial charge in [0.05, 0.1) is 19.0 Å². The van der Waals surface area contributed by atoms with Gasteiger partial charge in [0.2, 0.25) is 15.9 Å². The van der Waals surface area contributed by atoms with Gasteiger partial charge in [-0.1, -0.05) is 48.0 Å². The highest BCUT2D eigenvalue weighted by atomic mass is 35.5. The van der Waals surface area contributed by atoms with E-state index in [-0.39, 0.29) is 35.5 Å². The number of halogens is 2. The molecule has 1 heterocycles. The summed E-state index contributed by atoms with van der Waals surface area (Å²) in [6, 6.07) is 13.9. The van der Waals surface area contributed by atoms with Gasteiger partial charge < -0.3 is 10.1 Å². The number of sulfonamides is 1. The molecule has 3 rings (SSSR count). The Morgan fingerprint density at radius 1 is 1.13 bits per heavy atom. The molecule has 31 heavy (non-hydrogen) atoms. The van der Waals surface area contributed by atoms with Crippen LogP contribution in [-0.2, 0) is 31.9 Å². The number of benzene rings is 2. The number of carbonyl (C=O) groups excluding carboxylic acids is 1. The van der Waals surface area contributed by atoms with Crippen molar-refractivity contribution in [3.8, 4) is 0 Å². The zero-order chi connectivity index (χ0) is 22.3. The molecular formula is C22H26ClFN2O4S. The molecule has 2 aromatic rings. The first-order chi connectivity index (χ1) is 14.9. The third-order valence-corrected chi connectivity index (χ3v) is 7.42. The molecule has 9 heteroatoms. The second-order valence-electron chi connectivity index (χ2n) is 7.46. The molecule has 1 aliphatic heterocycles. The second kappa shape index (κ2) is 11.0. The molecule has 0 aliphatic carbocycles. The zero-order valence-corrected chi connectivity index (χ0v) is 18.7. The minimum absolute atomic E-state index is 0.0282. The van der Waals surface area contributed by atoms with Gasteiger partial charge >= 0.3 is 0 Å². The summed E-state index contributed by atoms with van der Waals surface area (Å²) in [6.07, 6.45) is 0.835. The highest BCUT2D eigenvalue weighted by molar-refractivity contribution is 7.88. The molecule has 0 unspecified atom stereocenters. The molecule has 1 N–H and O–H groups in total. The number of hydrogen-bond donors (Lipinski definition) is 1. The summed E-state index contributed by atoms with van der Waals surface area (Å²) in [4.78, 5) is 12.4. The molecule has 0 radical (unpaired) electrons. The Hall–Kier alpha value is -2.00.